The van der Waals surface area contributed by atoms with E-state index in [0.29, 0.717) is 11.9 Å². The van der Waals surface area contributed by atoms with Crippen molar-refractivity contribution in [3.8, 4) is 0 Å². The summed E-state index contributed by atoms with van der Waals surface area (Å²) >= 11 is 3.44. The Bertz CT molecular complexity index is 349. The number of benzene rings is 1. The van der Waals surface area contributed by atoms with Crippen LogP contribution in [0, 0.1) is 5.82 Å². The monoisotopic (exact) mass is 316 g/mol. The molecule has 1 heterocycles. The summed E-state index contributed by atoms with van der Waals surface area (Å²) < 4.78 is 24.3. The van der Waals surface area contributed by atoms with E-state index >= 15 is 0 Å². The zero-order valence-corrected chi connectivity index (χ0v) is 11.9. The maximum absolute atomic E-state index is 12.9. The number of alkyl halides is 1. The van der Waals surface area contributed by atoms with Gasteiger partial charge in [0.05, 0.1) is 18.8 Å². The summed E-state index contributed by atoms with van der Waals surface area (Å²) in [5, 5.41) is 0.700. The first kappa shape index (κ1) is 14.0. The van der Waals surface area contributed by atoms with E-state index in [1.807, 2.05) is 0 Å². The van der Waals surface area contributed by atoms with Gasteiger partial charge < -0.3 is 9.47 Å². The fourth-order valence-electron chi connectivity index (χ4n) is 2.07. The molecule has 0 N–H and O–H groups in total. The maximum Gasteiger partial charge on any atom is 0.123 e. The molecule has 0 aliphatic carbocycles. The summed E-state index contributed by atoms with van der Waals surface area (Å²) in [5.74, 6) is -0.220. The van der Waals surface area contributed by atoms with Crippen LogP contribution in [0.15, 0.2) is 24.3 Å². The second-order valence-electron chi connectivity index (χ2n) is 4.52. The molecule has 1 aliphatic heterocycles. The SMILES string of the molecule is Fc1ccc(C(CBr)OCC2CCCCO2)cc1. The van der Waals surface area contributed by atoms with Gasteiger partial charge in [0.2, 0.25) is 0 Å². The molecule has 0 saturated carbocycles. The normalized spacial score (nSPS) is 21.8. The van der Waals surface area contributed by atoms with Crippen LogP contribution in [0.1, 0.15) is 30.9 Å². The quantitative estimate of drug-likeness (QED) is 0.768. The Morgan fingerprint density at radius 3 is 2.72 bits per heavy atom. The first-order valence-electron chi connectivity index (χ1n) is 6.34. The van der Waals surface area contributed by atoms with Crippen molar-refractivity contribution in [3.05, 3.63) is 35.6 Å². The minimum Gasteiger partial charge on any atom is -0.376 e. The van der Waals surface area contributed by atoms with E-state index in [0.717, 1.165) is 25.0 Å². The van der Waals surface area contributed by atoms with Crippen molar-refractivity contribution in [2.24, 2.45) is 0 Å². The lowest BCUT2D eigenvalue weighted by Gasteiger charge is -2.25. The van der Waals surface area contributed by atoms with Gasteiger partial charge in [0.1, 0.15) is 5.82 Å². The molecule has 2 nitrogen and oxygen atoms in total. The Morgan fingerprint density at radius 2 is 2.11 bits per heavy atom. The lowest BCUT2D eigenvalue weighted by atomic mass is 10.1. The largest absolute Gasteiger partial charge is 0.376 e. The molecule has 18 heavy (non-hydrogen) atoms. The molecule has 2 atom stereocenters. The smallest absolute Gasteiger partial charge is 0.123 e. The van der Waals surface area contributed by atoms with Gasteiger partial charge in [0.15, 0.2) is 0 Å². The molecule has 100 valence electrons. The lowest BCUT2D eigenvalue weighted by molar-refractivity contribution is -0.0586. The summed E-state index contributed by atoms with van der Waals surface area (Å²) in [6, 6.07) is 6.46. The third-order valence-corrected chi connectivity index (χ3v) is 3.73. The first-order chi connectivity index (χ1) is 8.79. The molecule has 1 aromatic rings. The Labute approximate surface area is 116 Å². The van der Waals surface area contributed by atoms with E-state index in [1.54, 1.807) is 12.1 Å². The van der Waals surface area contributed by atoms with E-state index in [2.05, 4.69) is 15.9 Å². The third-order valence-electron chi connectivity index (χ3n) is 3.14. The van der Waals surface area contributed by atoms with Crippen molar-refractivity contribution in [1.82, 2.24) is 0 Å². The fraction of sp³-hybridized carbons (Fsp3) is 0.571. The molecular formula is C14H18BrFO2. The lowest BCUT2D eigenvalue weighted by Crippen LogP contribution is -2.25. The van der Waals surface area contributed by atoms with Crippen molar-refractivity contribution in [1.29, 1.82) is 0 Å². The second-order valence-corrected chi connectivity index (χ2v) is 5.16. The molecule has 0 amide bonds. The minimum atomic E-state index is -0.220. The fourth-order valence-corrected chi connectivity index (χ4v) is 2.63. The molecular weight excluding hydrogens is 299 g/mol. The van der Waals surface area contributed by atoms with E-state index in [4.69, 9.17) is 9.47 Å². The van der Waals surface area contributed by atoms with E-state index in [9.17, 15) is 4.39 Å². The van der Waals surface area contributed by atoms with E-state index in [1.165, 1.54) is 18.6 Å². The minimum absolute atomic E-state index is 0.0453. The van der Waals surface area contributed by atoms with E-state index in [-0.39, 0.29) is 18.0 Å². The van der Waals surface area contributed by atoms with Gasteiger partial charge in [-0.25, -0.2) is 4.39 Å². The molecule has 1 aliphatic rings. The molecule has 0 aromatic heterocycles. The van der Waals surface area contributed by atoms with Crippen molar-refractivity contribution in [3.63, 3.8) is 0 Å². The summed E-state index contributed by atoms with van der Waals surface area (Å²) in [7, 11) is 0. The van der Waals surface area contributed by atoms with Gasteiger partial charge in [-0.1, -0.05) is 28.1 Å². The van der Waals surface area contributed by atoms with Crippen LogP contribution in [0.5, 0.6) is 0 Å². The maximum atomic E-state index is 12.9. The Hall–Kier alpha value is -0.450. The van der Waals surface area contributed by atoms with E-state index < -0.39 is 0 Å². The first-order valence-corrected chi connectivity index (χ1v) is 7.46. The summed E-state index contributed by atoms with van der Waals surface area (Å²) in [6.45, 7) is 1.44. The molecule has 2 rings (SSSR count). The number of halogens is 2. The zero-order valence-electron chi connectivity index (χ0n) is 10.3. The highest BCUT2D eigenvalue weighted by molar-refractivity contribution is 9.09. The van der Waals surface area contributed by atoms with Crippen LogP contribution < -0.4 is 0 Å². The molecule has 0 bridgehead atoms. The van der Waals surface area contributed by atoms with Gasteiger partial charge in [-0.15, -0.1) is 0 Å². The zero-order chi connectivity index (χ0) is 12.8. The van der Waals surface area contributed by atoms with Gasteiger partial charge in [0, 0.05) is 11.9 Å². The van der Waals surface area contributed by atoms with Crippen LogP contribution in [0.25, 0.3) is 0 Å². The third kappa shape index (κ3) is 4.04. The summed E-state index contributed by atoms with van der Waals surface area (Å²) in [4.78, 5) is 0. The molecule has 0 radical (unpaired) electrons. The van der Waals surface area contributed by atoms with Crippen LogP contribution >= 0.6 is 15.9 Å². The molecule has 2 unspecified atom stereocenters. The Balaban J connectivity index is 1.86. The van der Waals surface area contributed by atoms with Crippen molar-refractivity contribution in [2.75, 3.05) is 18.5 Å². The standard InChI is InChI=1S/C14H18BrFO2/c15-9-14(11-4-6-12(16)7-5-11)18-10-13-3-1-2-8-17-13/h4-7,13-14H,1-3,8-10H2. The van der Waals surface area contributed by atoms with Crippen molar-refractivity contribution >= 4 is 15.9 Å². The second kappa shape index (κ2) is 7.22. The van der Waals surface area contributed by atoms with Crippen molar-refractivity contribution < 1.29 is 13.9 Å². The highest BCUT2D eigenvalue weighted by Gasteiger charge is 2.17. The summed E-state index contributed by atoms with van der Waals surface area (Å²) in [6.07, 6.45) is 3.59. The molecule has 1 aromatic carbocycles. The molecule has 0 spiro atoms. The highest BCUT2D eigenvalue weighted by atomic mass is 79.9. The average molecular weight is 317 g/mol. The molecule has 1 saturated heterocycles. The highest BCUT2D eigenvalue weighted by Crippen LogP contribution is 2.22. The van der Waals surface area contributed by atoms with Crippen LogP contribution in [-0.4, -0.2) is 24.6 Å². The van der Waals surface area contributed by atoms with Gasteiger partial charge in [0.25, 0.3) is 0 Å². The van der Waals surface area contributed by atoms with Crippen LogP contribution in [-0.2, 0) is 9.47 Å². The van der Waals surface area contributed by atoms with Crippen LogP contribution in [0.4, 0.5) is 4.39 Å². The number of rotatable bonds is 5. The molecule has 4 heteroatoms. The van der Waals surface area contributed by atoms with Gasteiger partial charge in [-0.3, -0.25) is 0 Å². The number of hydrogen-bond acceptors (Lipinski definition) is 2. The average Bonchev–Trinajstić information content (AvgIpc) is 2.42. The van der Waals surface area contributed by atoms with Crippen molar-refractivity contribution in [2.45, 2.75) is 31.5 Å². The van der Waals surface area contributed by atoms with Crippen LogP contribution in [0.3, 0.4) is 0 Å². The van der Waals surface area contributed by atoms with Gasteiger partial charge in [-0.2, -0.15) is 0 Å². The van der Waals surface area contributed by atoms with Crippen LogP contribution in [0.2, 0.25) is 0 Å². The Morgan fingerprint density at radius 1 is 1.33 bits per heavy atom. The summed E-state index contributed by atoms with van der Waals surface area (Å²) in [5.41, 5.74) is 0.990. The number of hydrogen-bond donors (Lipinski definition) is 0. The predicted molar refractivity (Wildman–Crippen MR) is 72.5 cm³/mol. The topological polar surface area (TPSA) is 18.5 Å². The van der Waals surface area contributed by atoms with Gasteiger partial charge in [-0.05, 0) is 37.0 Å². The predicted octanol–water partition coefficient (Wildman–Crippen LogP) is 3.85. The number of ether oxygens (including phenoxy) is 2. The Kier molecular flexibility index (Phi) is 5.60. The molecule has 1 fully saturated rings. The van der Waals surface area contributed by atoms with Gasteiger partial charge >= 0.3 is 0 Å².